The summed E-state index contributed by atoms with van der Waals surface area (Å²) in [6.07, 6.45) is 1.71. The van der Waals surface area contributed by atoms with Gasteiger partial charge in [0.15, 0.2) is 16.6 Å². The standard InChI is InChI=1S/C8H5I2N3OS/c1-4(14)8-12-5(2-15-8)13-3-11-6(9)7(13)10/h2-3H,1H3. The highest BCUT2D eigenvalue weighted by Gasteiger charge is 2.11. The Balaban J connectivity index is 2.46. The molecule has 2 heterocycles. The maximum Gasteiger partial charge on any atom is 0.188 e. The topological polar surface area (TPSA) is 47.8 Å². The van der Waals surface area contributed by atoms with Crippen LogP contribution in [0.15, 0.2) is 11.7 Å². The maximum absolute atomic E-state index is 11.1. The molecule has 0 aliphatic heterocycles. The van der Waals surface area contributed by atoms with Crippen LogP contribution in [0.25, 0.3) is 5.82 Å². The molecule has 0 aromatic carbocycles. The van der Waals surface area contributed by atoms with Gasteiger partial charge in [-0.15, -0.1) is 11.3 Å². The van der Waals surface area contributed by atoms with Crippen LogP contribution in [0.4, 0.5) is 0 Å². The molecule has 0 N–H and O–H groups in total. The number of imidazole rings is 1. The number of ketones is 1. The molecule has 78 valence electrons. The highest BCUT2D eigenvalue weighted by molar-refractivity contribution is 14.1. The fraction of sp³-hybridized carbons (Fsp3) is 0.125. The fourth-order valence-electron chi connectivity index (χ4n) is 1.01. The Morgan fingerprint density at radius 2 is 2.27 bits per heavy atom. The molecule has 2 rings (SSSR count). The van der Waals surface area contributed by atoms with Crippen molar-refractivity contribution in [3.8, 4) is 5.82 Å². The van der Waals surface area contributed by atoms with Gasteiger partial charge < -0.3 is 0 Å². The van der Waals surface area contributed by atoms with Gasteiger partial charge in [-0.05, 0) is 45.2 Å². The summed E-state index contributed by atoms with van der Waals surface area (Å²) in [5, 5.41) is 2.39. The Kier molecular flexibility index (Phi) is 3.40. The molecular formula is C8H5I2N3OS. The molecule has 0 aliphatic carbocycles. The van der Waals surface area contributed by atoms with Crippen molar-refractivity contribution >= 4 is 62.3 Å². The predicted octanol–water partition coefficient (Wildman–Crippen LogP) is 2.74. The Labute approximate surface area is 117 Å². The smallest absolute Gasteiger partial charge is 0.188 e. The number of carbonyl (C=O) groups excluding carboxylic acids is 1. The number of carbonyl (C=O) groups is 1. The summed E-state index contributed by atoms with van der Waals surface area (Å²) in [5.74, 6) is 0.751. The van der Waals surface area contributed by atoms with Crippen molar-refractivity contribution in [2.75, 3.05) is 0 Å². The average Bonchev–Trinajstić information content (AvgIpc) is 2.76. The Morgan fingerprint density at radius 1 is 1.53 bits per heavy atom. The number of nitrogens with zero attached hydrogens (tertiary/aromatic N) is 3. The van der Waals surface area contributed by atoms with Gasteiger partial charge in [0.2, 0.25) is 0 Å². The van der Waals surface area contributed by atoms with E-state index in [9.17, 15) is 4.79 Å². The second kappa shape index (κ2) is 4.45. The summed E-state index contributed by atoms with van der Waals surface area (Å²) in [5.41, 5.74) is 0. The van der Waals surface area contributed by atoms with Gasteiger partial charge in [-0.25, -0.2) is 9.97 Å². The van der Waals surface area contributed by atoms with E-state index >= 15 is 0 Å². The second-order valence-electron chi connectivity index (χ2n) is 2.76. The molecule has 0 spiro atoms. The van der Waals surface area contributed by atoms with E-state index in [1.807, 2.05) is 9.95 Å². The number of hydrogen-bond donors (Lipinski definition) is 0. The zero-order valence-corrected chi connectivity index (χ0v) is 12.7. The van der Waals surface area contributed by atoms with E-state index in [1.165, 1.54) is 18.3 Å². The number of halogens is 2. The lowest BCUT2D eigenvalue weighted by Crippen LogP contribution is -1.97. The predicted molar refractivity (Wildman–Crippen MR) is 74.7 cm³/mol. The lowest BCUT2D eigenvalue weighted by Gasteiger charge is -1.97. The third-order valence-corrected chi connectivity index (χ3v) is 5.49. The summed E-state index contributed by atoms with van der Waals surface area (Å²) in [7, 11) is 0. The molecule has 0 unspecified atom stereocenters. The monoisotopic (exact) mass is 445 g/mol. The Bertz CT molecular complexity index is 520. The van der Waals surface area contributed by atoms with E-state index in [0.717, 1.165) is 13.2 Å². The van der Waals surface area contributed by atoms with Gasteiger partial charge in [0, 0.05) is 12.3 Å². The molecule has 7 heteroatoms. The van der Waals surface area contributed by atoms with Crippen LogP contribution in [-0.4, -0.2) is 20.3 Å². The van der Waals surface area contributed by atoms with E-state index in [1.54, 1.807) is 6.33 Å². The largest absolute Gasteiger partial charge is 0.292 e. The van der Waals surface area contributed by atoms with Crippen molar-refractivity contribution in [2.24, 2.45) is 0 Å². The van der Waals surface area contributed by atoms with Crippen LogP contribution < -0.4 is 0 Å². The van der Waals surface area contributed by atoms with Crippen LogP contribution in [0.5, 0.6) is 0 Å². The third kappa shape index (κ3) is 2.23. The molecule has 0 fully saturated rings. The summed E-state index contributed by atoms with van der Waals surface area (Å²) in [4.78, 5) is 19.5. The molecular weight excluding hydrogens is 440 g/mol. The van der Waals surface area contributed by atoms with Gasteiger partial charge in [-0.3, -0.25) is 9.36 Å². The highest BCUT2D eigenvalue weighted by Crippen LogP contribution is 2.20. The molecule has 0 amide bonds. The number of aromatic nitrogens is 3. The van der Waals surface area contributed by atoms with Gasteiger partial charge in [0.05, 0.1) is 0 Å². The fourth-order valence-corrected chi connectivity index (χ4v) is 2.60. The van der Waals surface area contributed by atoms with Crippen molar-refractivity contribution in [1.29, 1.82) is 0 Å². The van der Waals surface area contributed by atoms with Crippen molar-refractivity contribution in [2.45, 2.75) is 6.92 Å². The average molecular weight is 445 g/mol. The molecule has 4 nitrogen and oxygen atoms in total. The number of Topliss-reactive ketones (excluding diaryl/α,β-unsaturated/α-hetero) is 1. The van der Waals surface area contributed by atoms with E-state index in [2.05, 4.69) is 55.1 Å². The second-order valence-corrected chi connectivity index (χ2v) is 5.66. The van der Waals surface area contributed by atoms with Gasteiger partial charge in [0.25, 0.3) is 0 Å². The molecule has 15 heavy (non-hydrogen) atoms. The van der Waals surface area contributed by atoms with Crippen LogP contribution >= 0.6 is 56.5 Å². The van der Waals surface area contributed by atoms with E-state index in [0.29, 0.717) is 5.01 Å². The minimum atomic E-state index is -0.00364. The summed E-state index contributed by atoms with van der Waals surface area (Å²) >= 11 is 5.72. The van der Waals surface area contributed by atoms with Crippen LogP contribution in [-0.2, 0) is 0 Å². The lowest BCUT2D eigenvalue weighted by molar-refractivity contribution is 0.101. The summed E-state index contributed by atoms with van der Waals surface area (Å²) in [6.45, 7) is 1.52. The Morgan fingerprint density at radius 3 is 2.73 bits per heavy atom. The van der Waals surface area contributed by atoms with E-state index in [4.69, 9.17) is 0 Å². The number of rotatable bonds is 2. The minimum Gasteiger partial charge on any atom is -0.292 e. The van der Waals surface area contributed by atoms with Gasteiger partial charge in [-0.1, -0.05) is 0 Å². The van der Waals surface area contributed by atoms with Crippen LogP contribution in [0.3, 0.4) is 0 Å². The molecule has 0 radical (unpaired) electrons. The van der Waals surface area contributed by atoms with E-state index in [-0.39, 0.29) is 5.78 Å². The molecule has 0 atom stereocenters. The van der Waals surface area contributed by atoms with Gasteiger partial charge in [0.1, 0.15) is 13.7 Å². The lowest BCUT2D eigenvalue weighted by atomic mass is 10.5. The zero-order valence-electron chi connectivity index (χ0n) is 7.57. The number of thiazole rings is 1. The first kappa shape index (κ1) is 11.5. The molecule has 2 aromatic heterocycles. The summed E-state index contributed by atoms with van der Waals surface area (Å²) < 4.78 is 3.81. The molecule has 0 saturated heterocycles. The SMILES string of the molecule is CC(=O)c1nc(-n2cnc(I)c2I)cs1. The van der Waals surface area contributed by atoms with Crippen molar-refractivity contribution in [3.63, 3.8) is 0 Å². The van der Waals surface area contributed by atoms with Crippen LogP contribution in [0.1, 0.15) is 16.7 Å². The van der Waals surface area contributed by atoms with E-state index < -0.39 is 0 Å². The third-order valence-electron chi connectivity index (χ3n) is 1.71. The molecule has 0 aliphatic rings. The molecule has 0 saturated carbocycles. The first-order chi connectivity index (χ1) is 7.09. The van der Waals surface area contributed by atoms with Crippen molar-refractivity contribution in [1.82, 2.24) is 14.5 Å². The Hall–Kier alpha value is -0.0300. The zero-order chi connectivity index (χ0) is 11.0. The maximum atomic E-state index is 11.1. The number of hydrogen-bond acceptors (Lipinski definition) is 4. The van der Waals surface area contributed by atoms with Crippen molar-refractivity contribution in [3.05, 3.63) is 24.1 Å². The van der Waals surface area contributed by atoms with Gasteiger partial charge in [-0.2, -0.15) is 0 Å². The van der Waals surface area contributed by atoms with Crippen LogP contribution in [0.2, 0.25) is 0 Å². The summed E-state index contributed by atoms with van der Waals surface area (Å²) in [6, 6.07) is 0. The molecule has 0 bridgehead atoms. The minimum absolute atomic E-state index is 0.00364. The van der Waals surface area contributed by atoms with Crippen LogP contribution in [0, 0.1) is 7.40 Å². The normalized spacial score (nSPS) is 10.6. The quantitative estimate of drug-likeness (QED) is 0.528. The first-order valence-electron chi connectivity index (χ1n) is 3.95. The first-order valence-corrected chi connectivity index (χ1v) is 6.98. The highest BCUT2D eigenvalue weighted by atomic mass is 127. The molecule has 2 aromatic rings. The van der Waals surface area contributed by atoms with Crippen molar-refractivity contribution < 1.29 is 4.79 Å². The van der Waals surface area contributed by atoms with Gasteiger partial charge >= 0.3 is 0 Å².